The van der Waals surface area contributed by atoms with Crippen molar-refractivity contribution in [3.05, 3.63) is 60.6 Å². The molecule has 0 spiro atoms. The molecule has 3 aromatic rings. The number of ether oxygens (including phenoxy) is 1. The maximum absolute atomic E-state index is 13.0. The van der Waals surface area contributed by atoms with Crippen LogP contribution in [-0.2, 0) is 26.1 Å². The molecule has 1 amide bonds. The van der Waals surface area contributed by atoms with Crippen molar-refractivity contribution >= 4 is 21.6 Å². The molecule has 0 bridgehead atoms. The lowest BCUT2D eigenvalue weighted by molar-refractivity contribution is -0.116. The first-order chi connectivity index (χ1) is 14.9. The molecule has 1 aromatic carbocycles. The minimum atomic E-state index is -3.67. The van der Waals surface area contributed by atoms with Crippen LogP contribution in [0.4, 0.5) is 5.69 Å². The van der Waals surface area contributed by atoms with Crippen LogP contribution in [0.2, 0.25) is 0 Å². The van der Waals surface area contributed by atoms with Crippen LogP contribution in [0.3, 0.4) is 0 Å². The van der Waals surface area contributed by atoms with E-state index in [1.165, 1.54) is 10.4 Å². The fourth-order valence-corrected chi connectivity index (χ4v) is 5.10. The van der Waals surface area contributed by atoms with E-state index >= 15 is 0 Å². The number of hydrogen-bond acceptors (Lipinski definition) is 6. The third-order valence-corrected chi connectivity index (χ3v) is 7.09. The topological polar surface area (TPSA) is 106 Å². The number of morpholine rings is 1. The fraction of sp³-hybridized carbons (Fsp3) is 0.286. The van der Waals surface area contributed by atoms with E-state index in [1.54, 1.807) is 42.3 Å². The van der Waals surface area contributed by atoms with Gasteiger partial charge in [0.25, 0.3) is 0 Å². The van der Waals surface area contributed by atoms with Gasteiger partial charge in [0, 0.05) is 42.9 Å². The van der Waals surface area contributed by atoms with Gasteiger partial charge in [-0.15, -0.1) is 0 Å². The second-order valence-electron chi connectivity index (χ2n) is 7.15. The fourth-order valence-electron chi connectivity index (χ4n) is 3.44. The van der Waals surface area contributed by atoms with Crippen molar-refractivity contribution in [2.24, 2.45) is 0 Å². The first-order valence-corrected chi connectivity index (χ1v) is 11.3. The third-order valence-electron chi connectivity index (χ3n) is 5.05. The zero-order valence-corrected chi connectivity index (χ0v) is 17.9. The van der Waals surface area contributed by atoms with Crippen molar-refractivity contribution in [2.45, 2.75) is 18.4 Å². The second-order valence-corrected chi connectivity index (χ2v) is 9.06. The van der Waals surface area contributed by atoms with Crippen molar-refractivity contribution in [2.75, 3.05) is 31.6 Å². The van der Waals surface area contributed by atoms with E-state index in [4.69, 9.17) is 4.74 Å². The molecule has 0 atom stereocenters. The van der Waals surface area contributed by atoms with Gasteiger partial charge in [-0.05, 0) is 42.8 Å². The van der Waals surface area contributed by atoms with Crippen molar-refractivity contribution in [3.63, 3.8) is 0 Å². The summed E-state index contributed by atoms with van der Waals surface area (Å²) in [7, 11) is -3.67. The molecule has 9 nitrogen and oxygen atoms in total. The maximum Gasteiger partial charge on any atom is 0.246 e. The van der Waals surface area contributed by atoms with E-state index in [1.807, 2.05) is 18.2 Å². The number of carbonyl (C=O) groups excluding carboxylic acids is 1. The number of nitrogens with one attached hydrogen (secondary N) is 1. The summed E-state index contributed by atoms with van der Waals surface area (Å²) in [5, 5.41) is 7.01. The van der Waals surface area contributed by atoms with Gasteiger partial charge in [0.2, 0.25) is 15.9 Å². The van der Waals surface area contributed by atoms with E-state index in [2.05, 4.69) is 15.4 Å². The summed E-state index contributed by atoms with van der Waals surface area (Å²) in [5.41, 5.74) is 2.73. The average Bonchev–Trinajstić information content (AvgIpc) is 3.24. The molecule has 1 N–H and O–H groups in total. The Kier molecular flexibility index (Phi) is 6.12. The summed E-state index contributed by atoms with van der Waals surface area (Å²) in [6, 6.07) is 10.4. The number of benzene rings is 1. The molecule has 1 saturated heterocycles. The number of aryl methyl sites for hydroxylation is 1. The molecule has 0 saturated carbocycles. The molecule has 1 fully saturated rings. The van der Waals surface area contributed by atoms with Gasteiger partial charge in [0.05, 0.1) is 23.8 Å². The Morgan fingerprint density at radius 1 is 1.10 bits per heavy atom. The number of carbonyl (C=O) groups is 1. The molecule has 1 aliphatic rings. The van der Waals surface area contributed by atoms with E-state index in [9.17, 15) is 13.2 Å². The van der Waals surface area contributed by atoms with E-state index in [0.29, 0.717) is 37.6 Å². The highest BCUT2D eigenvalue weighted by molar-refractivity contribution is 7.89. The Morgan fingerprint density at radius 2 is 1.84 bits per heavy atom. The van der Waals surface area contributed by atoms with Crippen LogP contribution in [0.1, 0.15) is 5.56 Å². The summed E-state index contributed by atoms with van der Waals surface area (Å²) >= 11 is 0. The molecule has 31 heavy (non-hydrogen) atoms. The second kappa shape index (κ2) is 8.96. The zero-order valence-electron chi connectivity index (χ0n) is 17.1. The van der Waals surface area contributed by atoms with E-state index < -0.39 is 10.0 Å². The molecule has 0 radical (unpaired) electrons. The van der Waals surface area contributed by atoms with Gasteiger partial charge in [-0.1, -0.05) is 6.07 Å². The van der Waals surface area contributed by atoms with Gasteiger partial charge in [-0.25, -0.2) is 8.42 Å². The lowest BCUT2D eigenvalue weighted by Gasteiger charge is -2.26. The van der Waals surface area contributed by atoms with Crippen LogP contribution in [0, 0.1) is 6.92 Å². The Morgan fingerprint density at radius 3 is 2.58 bits per heavy atom. The quantitative estimate of drug-likeness (QED) is 0.626. The predicted molar refractivity (Wildman–Crippen MR) is 115 cm³/mol. The lowest BCUT2D eigenvalue weighted by Crippen LogP contribution is -2.40. The summed E-state index contributed by atoms with van der Waals surface area (Å²) < 4.78 is 34.3. The molecule has 2 aromatic heterocycles. The number of pyridine rings is 1. The average molecular weight is 442 g/mol. The number of rotatable bonds is 6. The Labute approximate surface area is 180 Å². The number of nitrogens with zero attached hydrogens (tertiary/aromatic N) is 4. The molecular formula is C21H23N5O4S. The minimum Gasteiger partial charge on any atom is -0.379 e. The summed E-state index contributed by atoms with van der Waals surface area (Å²) in [5.74, 6) is -0.308. The molecule has 1 aliphatic heterocycles. The zero-order chi connectivity index (χ0) is 21.8. The molecule has 3 heterocycles. The summed E-state index contributed by atoms with van der Waals surface area (Å²) in [6.07, 6.45) is 4.98. The minimum absolute atomic E-state index is 0.00984. The Hall–Kier alpha value is -3.08. The highest BCUT2D eigenvalue weighted by Crippen LogP contribution is 2.24. The largest absolute Gasteiger partial charge is 0.379 e. The van der Waals surface area contributed by atoms with Crippen LogP contribution in [-0.4, -0.2) is 59.7 Å². The van der Waals surface area contributed by atoms with Crippen molar-refractivity contribution in [3.8, 4) is 11.3 Å². The highest BCUT2D eigenvalue weighted by atomic mass is 32.2. The number of aromatic nitrogens is 3. The van der Waals surface area contributed by atoms with Crippen molar-refractivity contribution in [1.82, 2.24) is 19.1 Å². The van der Waals surface area contributed by atoms with Gasteiger partial charge in [-0.2, -0.15) is 9.40 Å². The van der Waals surface area contributed by atoms with E-state index in [-0.39, 0.29) is 17.3 Å². The van der Waals surface area contributed by atoms with Gasteiger partial charge >= 0.3 is 0 Å². The molecule has 162 valence electrons. The number of hydrogen-bond donors (Lipinski definition) is 1. The van der Waals surface area contributed by atoms with Gasteiger partial charge in [-0.3, -0.25) is 14.5 Å². The van der Waals surface area contributed by atoms with Crippen LogP contribution in [0.25, 0.3) is 11.3 Å². The number of anilines is 1. The summed E-state index contributed by atoms with van der Waals surface area (Å²) in [6.45, 7) is 3.11. The third kappa shape index (κ3) is 4.66. The normalized spacial score (nSPS) is 15.0. The lowest BCUT2D eigenvalue weighted by atomic mass is 10.2. The molecule has 4 rings (SSSR count). The first kappa shape index (κ1) is 21.2. The standard InChI is InChI=1S/C21H23N5O4S/c1-16-2-3-18(14-20(16)31(28,29)25-10-12-30-13-11-25)24-21(27)15-26-19(6-9-23-26)17-4-7-22-8-5-17/h2-9,14H,10-13,15H2,1H3,(H,24,27). The van der Waals surface area contributed by atoms with Crippen LogP contribution in [0.5, 0.6) is 0 Å². The highest BCUT2D eigenvalue weighted by Gasteiger charge is 2.28. The van der Waals surface area contributed by atoms with Crippen LogP contribution in [0.15, 0.2) is 59.9 Å². The first-order valence-electron chi connectivity index (χ1n) is 9.86. The van der Waals surface area contributed by atoms with E-state index in [0.717, 1.165) is 11.3 Å². The molecular weight excluding hydrogens is 418 g/mol. The van der Waals surface area contributed by atoms with Crippen molar-refractivity contribution < 1.29 is 17.9 Å². The van der Waals surface area contributed by atoms with Crippen molar-refractivity contribution in [1.29, 1.82) is 0 Å². The van der Waals surface area contributed by atoms with Gasteiger partial charge < -0.3 is 10.1 Å². The van der Waals surface area contributed by atoms with Gasteiger partial charge in [0.1, 0.15) is 6.54 Å². The number of amides is 1. The Balaban J connectivity index is 1.51. The SMILES string of the molecule is Cc1ccc(NC(=O)Cn2nccc2-c2ccncc2)cc1S(=O)(=O)N1CCOCC1. The predicted octanol–water partition coefficient (Wildman–Crippen LogP) is 1.91. The molecule has 0 unspecified atom stereocenters. The van der Waals surface area contributed by atoms with Crippen LogP contribution >= 0.6 is 0 Å². The summed E-state index contributed by atoms with van der Waals surface area (Å²) in [4.78, 5) is 16.8. The van der Waals surface area contributed by atoms with Gasteiger partial charge in [0.15, 0.2) is 0 Å². The molecule has 10 heteroatoms. The maximum atomic E-state index is 13.0. The van der Waals surface area contributed by atoms with Crippen LogP contribution < -0.4 is 5.32 Å². The molecule has 0 aliphatic carbocycles. The smallest absolute Gasteiger partial charge is 0.246 e. The Bertz CT molecular complexity index is 1170. The number of sulfonamides is 1. The monoisotopic (exact) mass is 441 g/mol.